The van der Waals surface area contributed by atoms with E-state index in [1.54, 1.807) is 19.5 Å². The highest BCUT2D eigenvalue weighted by Gasteiger charge is 2.28. The summed E-state index contributed by atoms with van der Waals surface area (Å²) in [6.45, 7) is 0.378. The summed E-state index contributed by atoms with van der Waals surface area (Å²) in [5.74, 6) is 0.795. The molecule has 120 valence electrons. The van der Waals surface area contributed by atoms with Crippen LogP contribution in [-0.2, 0) is 22.6 Å². The standard InChI is InChI=1S/C17H18N2O4/c1-21-16-6-4-13(5-7-16)12-22-17-10-15(19(20)23-17)9-14-3-2-8-18-11-14/h2-8,11,17H,9-10,12H2,1H3. The second kappa shape index (κ2) is 7.11. The van der Waals surface area contributed by atoms with E-state index in [1.807, 2.05) is 36.4 Å². The van der Waals surface area contributed by atoms with Crippen LogP contribution in [0.3, 0.4) is 0 Å². The van der Waals surface area contributed by atoms with E-state index in [9.17, 15) is 5.21 Å². The Morgan fingerprint density at radius 2 is 2.09 bits per heavy atom. The van der Waals surface area contributed by atoms with Crippen LogP contribution >= 0.6 is 0 Å². The van der Waals surface area contributed by atoms with Crippen LogP contribution in [0.5, 0.6) is 5.75 Å². The first-order chi connectivity index (χ1) is 11.2. The predicted octanol–water partition coefficient (Wildman–Crippen LogP) is 2.46. The number of rotatable bonds is 6. The molecule has 0 fully saturated rings. The van der Waals surface area contributed by atoms with Crippen molar-refractivity contribution in [3.8, 4) is 5.75 Å². The summed E-state index contributed by atoms with van der Waals surface area (Å²) >= 11 is 0. The van der Waals surface area contributed by atoms with Gasteiger partial charge >= 0.3 is 0 Å². The molecule has 1 unspecified atom stereocenters. The number of pyridine rings is 1. The zero-order valence-electron chi connectivity index (χ0n) is 12.8. The third-order valence-corrected chi connectivity index (χ3v) is 3.60. The van der Waals surface area contributed by atoms with Crippen molar-refractivity contribution in [2.75, 3.05) is 7.11 Å². The monoisotopic (exact) mass is 314 g/mol. The Kier molecular flexibility index (Phi) is 4.73. The Hall–Kier alpha value is -2.60. The van der Waals surface area contributed by atoms with Crippen LogP contribution in [-0.4, -0.2) is 29.0 Å². The molecule has 1 aliphatic rings. The molecule has 2 heterocycles. The summed E-state index contributed by atoms with van der Waals surface area (Å²) in [7, 11) is 1.63. The summed E-state index contributed by atoms with van der Waals surface area (Å²) in [5, 5.41) is 11.8. The third kappa shape index (κ3) is 3.98. The lowest BCUT2D eigenvalue weighted by molar-refractivity contribution is -0.753. The molecule has 1 aromatic heterocycles. The molecule has 0 aliphatic carbocycles. The van der Waals surface area contributed by atoms with Gasteiger partial charge in [0.2, 0.25) is 5.71 Å². The van der Waals surface area contributed by atoms with Crippen LogP contribution in [0.25, 0.3) is 0 Å². The van der Waals surface area contributed by atoms with Gasteiger partial charge in [-0.3, -0.25) is 10.2 Å². The molecule has 0 saturated carbocycles. The molecule has 1 atom stereocenters. The van der Waals surface area contributed by atoms with Gasteiger partial charge < -0.3 is 14.3 Å². The summed E-state index contributed by atoms with van der Waals surface area (Å²) < 4.78 is 10.8. The Morgan fingerprint density at radius 3 is 2.78 bits per heavy atom. The maximum atomic E-state index is 11.8. The number of aromatic nitrogens is 1. The Bertz CT molecular complexity index is 671. The number of nitrogens with zero attached hydrogens (tertiary/aromatic N) is 2. The number of hydrogen-bond donors (Lipinski definition) is 0. The quantitative estimate of drug-likeness (QED) is 0.766. The first kappa shape index (κ1) is 15.3. The molecule has 0 saturated heterocycles. The molecular formula is C17H18N2O4. The highest BCUT2D eigenvalue weighted by molar-refractivity contribution is 5.82. The SMILES string of the molecule is COc1ccc(COC2CC(Cc3cccnc3)=[N+]([O-])O2)cc1. The molecule has 0 amide bonds. The van der Waals surface area contributed by atoms with Crippen LogP contribution in [0.15, 0.2) is 48.8 Å². The Balaban J connectivity index is 1.51. The van der Waals surface area contributed by atoms with Gasteiger partial charge in [0.05, 0.1) is 26.6 Å². The summed E-state index contributed by atoms with van der Waals surface area (Å²) in [6.07, 6.45) is 3.86. The molecule has 6 nitrogen and oxygen atoms in total. The van der Waals surface area contributed by atoms with Crippen molar-refractivity contribution in [3.05, 3.63) is 65.1 Å². The van der Waals surface area contributed by atoms with Crippen LogP contribution in [0.4, 0.5) is 0 Å². The topological polar surface area (TPSA) is 66.7 Å². The van der Waals surface area contributed by atoms with Crippen LogP contribution < -0.4 is 4.74 Å². The highest BCUT2D eigenvalue weighted by atomic mass is 16.9. The molecule has 2 aromatic rings. The van der Waals surface area contributed by atoms with Gasteiger partial charge in [0.15, 0.2) is 6.29 Å². The van der Waals surface area contributed by atoms with Gasteiger partial charge in [0.25, 0.3) is 0 Å². The predicted molar refractivity (Wildman–Crippen MR) is 83.8 cm³/mol. The van der Waals surface area contributed by atoms with Gasteiger partial charge in [-0.1, -0.05) is 18.2 Å². The van der Waals surface area contributed by atoms with Crippen molar-refractivity contribution in [3.63, 3.8) is 0 Å². The Labute approximate surface area is 134 Å². The summed E-state index contributed by atoms with van der Waals surface area (Å²) in [4.78, 5) is 9.79. The fraction of sp³-hybridized carbons (Fsp3) is 0.294. The largest absolute Gasteiger partial charge is 0.497 e. The zero-order chi connectivity index (χ0) is 16.1. The average molecular weight is 314 g/mol. The van der Waals surface area contributed by atoms with Gasteiger partial charge in [0, 0.05) is 17.3 Å². The minimum Gasteiger partial charge on any atom is -0.497 e. The fourth-order valence-corrected chi connectivity index (χ4v) is 2.36. The van der Waals surface area contributed by atoms with E-state index >= 15 is 0 Å². The second-order valence-electron chi connectivity index (χ2n) is 5.26. The van der Waals surface area contributed by atoms with E-state index in [0.717, 1.165) is 16.9 Å². The molecule has 6 heteroatoms. The van der Waals surface area contributed by atoms with E-state index < -0.39 is 6.29 Å². The van der Waals surface area contributed by atoms with Crippen molar-refractivity contribution < 1.29 is 19.2 Å². The van der Waals surface area contributed by atoms with E-state index in [-0.39, 0.29) is 0 Å². The first-order valence-corrected chi connectivity index (χ1v) is 7.37. The van der Waals surface area contributed by atoms with Crippen molar-refractivity contribution in [1.82, 2.24) is 4.98 Å². The summed E-state index contributed by atoms with van der Waals surface area (Å²) in [6, 6.07) is 11.4. The normalized spacial score (nSPS) is 17.2. The maximum Gasteiger partial charge on any atom is 0.230 e. The van der Waals surface area contributed by atoms with E-state index in [4.69, 9.17) is 14.3 Å². The van der Waals surface area contributed by atoms with Crippen LogP contribution in [0.1, 0.15) is 17.5 Å². The lowest BCUT2D eigenvalue weighted by Crippen LogP contribution is -2.14. The maximum absolute atomic E-state index is 11.8. The van der Waals surface area contributed by atoms with Crippen molar-refractivity contribution in [2.45, 2.75) is 25.7 Å². The second-order valence-corrected chi connectivity index (χ2v) is 5.26. The number of methoxy groups -OCH3 is 1. The van der Waals surface area contributed by atoms with Gasteiger partial charge in [0.1, 0.15) is 5.75 Å². The van der Waals surface area contributed by atoms with E-state index in [2.05, 4.69) is 4.98 Å². The highest BCUT2D eigenvalue weighted by Crippen LogP contribution is 2.17. The molecule has 3 rings (SSSR count). The first-order valence-electron chi connectivity index (χ1n) is 7.37. The van der Waals surface area contributed by atoms with Crippen molar-refractivity contribution >= 4 is 5.71 Å². The number of hydrogen-bond acceptors (Lipinski definition) is 5. The van der Waals surface area contributed by atoms with E-state index in [1.165, 1.54) is 0 Å². The molecule has 0 bridgehead atoms. The van der Waals surface area contributed by atoms with Gasteiger partial charge in [-0.2, -0.15) is 0 Å². The lowest BCUT2D eigenvalue weighted by atomic mass is 10.1. The van der Waals surface area contributed by atoms with Gasteiger partial charge in [-0.25, -0.2) is 0 Å². The smallest absolute Gasteiger partial charge is 0.230 e. The third-order valence-electron chi connectivity index (χ3n) is 3.60. The van der Waals surface area contributed by atoms with Gasteiger partial charge in [-0.15, -0.1) is 0 Å². The number of ether oxygens (including phenoxy) is 2. The minimum atomic E-state index is -0.554. The van der Waals surface area contributed by atoms with Gasteiger partial charge in [-0.05, 0) is 29.3 Å². The van der Waals surface area contributed by atoms with Crippen molar-refractivity contribution in [1.29, 1.82) is 0 Å². The fourth-order valence-electron chi connectivity index (χ4n) is 2.36. The molecule has 0 radical (unpaired) electrons. The Morgan fingerprint density at radius 1 is 1.26 bits per heavy atom. The molecular weight excluding hydrogens is 296 g/mol. The lowest BCUT2D eigenvalue weighted by Gasteiger charge is -2.12. The zero-order valence-corrected chi connectivity index (χ0v) is 12.8. The minimum absolute atomic E-state index is 0.378. The number of benzene rings is 1. The average Bonchev–Trinajstić information content (AvgIpc) is 2.94. The molecule has 23 heavy (non-hydrogen) atoms. The van der Waals surface area contributed by atoms with Crippen LogP contribution in [0, 0.1) is 5.21 Å². The van der Waals surface area contributed by atoms with Crippen LogP contribution in [0.2, 0.25) is 0 Å². The molecule has 1 aliphatic heterocycles. The molecule has 0 N–H and O–H groups in total. The van der Waals surface area contributed by atoms with Crippen molar-refractivity contribution in [2.24, 2.45) is 0 Å². The molecule has 0 spiro atoms. The molecule has 1 aromatic carbocycles. The summed E-state index contributed by atoms with van der Waals surface area (Å²) in [5.41, 5.74) is 2.60. The van der Waals surface area contributed by atoms with E-state index in [0.29, 0.717) is 30.1 Å².